The molecule has 1 aliphatic heterocycles. The second-order valence-corrected chi connectivity index (χ2v) is 5.83. The lowest BCUT2D eigenvalue weighted by atomic mass is 9.91. The van der Waals surface area contributed by atoms with Gasteiger partial charge in [-0.1, -0.05) is 6.92 Å². The Kier molecular flexibility index (Phi) is 3.68. The first-order valence-electron chi connectivity index (χ1n) is 6.66. The quantitative estimate of drug-likeness (QED) is 0.757. The largest absolute Gasteiger partial charge is 0.328 e. The molecule has 1 saturated carbocycles. The van der Waals surface area contributed by atoms with Gasteiger partial charge in [0.1, 0.15) is 0 Å². The first-order valence-corrected chi connectivity index (χ1v) is 6.66. The number of rotatable bonds is 2. The second-order valence-electron chi connectivity index (χ2n) is 5.83. The van der Waals surface area contributed by atoms with E-state index < -0.39 is 0 Å². The number of piperidine rings is 1. The number of hydrogen-bond acceptors (Lipinski definition) is 2. The molecule has 4 unspecified atom stereocenters. The predicted molar refractivity (Wildman–Crippen MR) is 64.7 cm³/mol. The Morgan fingerprint density at radius 1 is 1.27 bits per heavy atom. The van der Waals surface area contributed by atoms with E-state index in [1.165, 1.54) is 45.2 Å². The molecule has 0 spiro atoms. The average Bonchev–Trinajstić information content (AvgIpc) is 2.65. The van der Waals surface area contributed by atoms with Crippen molar-refractivity contribution in [3.05, 3.63) is 0 Å². The molecule has 15 heavy (non-hydrogen) atoms. The van der Waals surface area contributed by atoms with E-state index >= 15 is 0 Å². The number of likely N-dealkylation sites (tertiary alicyclic amines) is 1. The van der Waals surface area contributed by atoms with Crippen LogP contribution in [-0.2, 0) is 0 Å². The van der Waals surface area contributed by atoms with Gasteiger partial charge in [0.25, 0.3) is 0 Å². The Labute approximate surface area is 94.2 Å². The maximum absolute atomic E-state index is 6.03. The molecular weight excluding hydrogens is 184 g/mol. The maximum atomic E-state index is 6.03. The van der Waals surface area contributed by atoms with E-state index in [1.807, 2.05) is 0 Å². The van der Waals surface area contributed by atoms with Crippen LogP contribution in [0, 0.1) is 11.8 Å². The topological polar surface area (TPSA) is 29.3 Å². The van der Waals surface area contributed by atoms with Gasteiger partial charge >= 0.3 is 0 Å². The predicted octanol–water partition coefficient (Wildman–Crippen LogP) is 2.23. The first-order chi connectivity index (χ1) is 7.16. The number of hydrogen-bond donors (Lipinski definition) is 1. The average molecular weight is 210 g/mol. The molecule has 2 aliphatic rings. The van der Waals surface area contributed by atoms with Crippen molar-refractivity contribution in [2.24, 2.45) is 17.6 Å². The molecule has 1 saturated heterocycles. The minimum Gasteiger partial charge on any atom is -0.328 e. The van der Waals surface area contributed by atoms with Gasteiger partial charge in [0.15, 0.2) is 0 Å². The van der Waals surface area contributed by atoms with Gasteiger partial charge in [-0.3, -0.25) is 0 Å². The van der Waals surface area contributed by atoms with E-state index in [0.29, 0.717) is 6.04 Å². The van der Waals surface area contributed by atoms with Crippen molar-refractivity contribution in [1.29, 1.82) is 0 Å². The summed E-state index contributed by atoms with van der Waals surface area (Å²) in [5.41, 5.74) is 6.03. The molecule has 2 rings (SSSR count). The van der Waals surface area contributed by atoms with E-state index in [9.17, 15) is 0 Å². The molecule has 1 heterocycles. The van der Waals surface area contributed by atoms with Gasteiger partial charge in [0, 0.05) is 18.6 Å². The summed E-state index contributed by atoms with van der Waals surface area (Å²) in [6.45, 7) is 7.15. The molecule has 0 bridgehead atoms. The van der Waals surface area contributed by atoms with Crippen molar-refractivity contribution >= 4 is 0 Å². The Morgan fingerprint density at radius 2 is 2.07 bits per heavy atom. The molecule has 0 amide bonds. The van der Waals surface area contributed by atoms with Crippen LogP contribution in [0.1, 0.15) is 46.0 Å². The molecular formula is C13H26N2. The van der Waals surface area contributed by atoms with Crippen molar-refractivity contribution in [3.8, 4) is 0 Å². The van der Waals surface area contributed by atoms with Crippen molar-refractivity contribution in [2.75, 3.05) is 13.1 Å². The second kappa shape index (κ2) is 4.84. The molecule has 88 valence electrons. The number of nitrogens with zero attached hydrogens (tertiary/aromatic N) is 1. The normalized spacial score (nSPS) is 40.6. The fraction of sp³-hybridized carbons (Fsp3) is 1.00. The molecule has 2 nitrogen and oxygen atoms in total. The molecule has 2 heteroatoms. The maximum Gasteiger partial charge on any atom is 0.00980 e. The molecule has 0 aromatic carbocycles. The summed E-state index contributed by atoms with van der Waals surface area (Å²) in [6, 6.07) is 1.26. The van der Waals surface area contributed by atoms with E-state index in [-0.39, 0.29) is 0 Å². The van der Waals surface area contributed by atoms with E-state index in [1.54, 1.807) is 0 Å². The van der Waals surface area contributed by atoms with E-state index in [4.69, 9.17) is 5.73 Å². The summed E-state index contributed by atoms with van der Waals surface area (Å²) in [7, 11) is 0. The van der Waals surface area contributed by atoms with Crippen LogP contribution in [0.3, 0.4) is 0 Å². The zero-order valence-electron chi connectivity index (χ0n) is 10.3. The highest BCUT2D eigenvalue weighted by molar-refractivity contribution is 4.86. The molecule has 1 aliphatic carbocycles. The minimum atomic E-state index is 0.381. The van der Waals surface area contributed by atoms with Gasteiger partial charge in [-0.2, -0.15) is 0 Å². The summed E-state index contributed by atoms with van der Waals surface area (Å²) in [6.07, 6.45) is 6.98. The summed E-state index contributed by atoms with van der Waals surface area (Å²) < 4.78 is 0. The lowest BCUT2D eigenvalue weighted by Gasteiger charge is -2.38. The van der Waals surface area contributed by atoms with Crippen LogP contribution >= 0.6 is 0 Å². The fourth-order valence-electron chi connectivity index (χ4n) is 3.31. The molecule has 0 radical (unpaired) electrons. The Morgan fingerprint density at radius 3 is 2.67 bits per heavy atom. The van der Waals surface area contributed by atoms with E-state index in [0.717, 1.165) is 17.9 Å². The van der Waals surface area contributed by atoms with Crippen molar-refractivity contribution in [2.45, 2.75) is 58.0 Å². The highest BCUT2D eigenvalue weighted by Gasteiger charge is 2.31. The fourth-order valence-corrected chi connectivity index (χ4v) is 3.31. The van der Waals surface area contributed by atoms with Gasteiger partial charge in [0.05, 0.1) is 0 Å². The standard InChI is InChI=1S/C13H26N2/c1-10-5-6-13(8-10)15-7-3-4-12(9-15)11(2)14/h10-13H,3-9,14H2,1-2H3. The Balaban J connectivity index is 1.87. The third kappa shape index (κ3) is 2.73. The molecule has 0 aromatic heterocycles. The highest BCUT2D eigenvalue weighted by Crippen LogP contribution is 2.31. The van der Waals surface area contributed by atoms with Crippen molar-refractivity contribution in [1.82, 2.24) is 4.90 Å². The van der Waals surface area contributed by atoms with Crippen LogP contribution in [0.5, 0.6) is 0 Å². The Bertz CT molecular complexity index is 203. The van der Waals surface area contributed by atoms with Crippen molar-refractivity contribution in [3.63, 3.8) is 0 Å². The first kappa shape index (κ1) is 11.4. The summed E-state index contributed by atoms with van der Waals surface area (Å²) in [4.78, 5) is 2.72. The molecule has 2 N–H and O–H groups in total. The van der Waals surface area contributed by atoms with Crippen LogP contribution in [0.15, 0.2) is 0 Å². The highest BCUT2D eigenvalue weighted by atomic mass is 15.2. The Hall–Kier alpha value is -0.0800. The van der Waals surface area contributed by atoms with Gasteiger partial charge in [-0.25, -0.2) is 0 Å². The zero-order valence-corrected chi connectivity index (χ0v) is 10.3. The minimum absolute atomic E-state index is 0.381. The van der Waals surface area contributed by atoms with Gasteiger partial charge in [-0.15, -0.1) is 0 Å². The van der Waals surface area contributed by atoms with Crippen LogP contribution in [0.2, 0.25) is 0 Å². The lowest BCUT2D eigenvalue weighted by molar-refractivity contribution is 0.114. The summed E-state index contributed by atoms with van der Waals surface area (Å²) in [5, 5.41) is 0. The van der Waals surface area contributed by atoms with Crippen LogP contribution in [0.25, 0.3) is 0 Å². The van der Waals surface area contributed by atoms with Gasteiger partial charge in [-0.05, 0) is 57.4 Å². The van der Waals surface area contributed by atoms with Gasteiger partial charge < -0.3 is 10.6 Å². The van der Waals surface area contributed by atoms with Crippen LogP contribution in [-0.4, -0.2) is 30.1 Å². The summed E-state index contributed by atoms with van der Waals surface area (Å²) >= 11 is 0. The van der Waals surface area contributed by atoms with Crippen LogP contribution < -0.4 is 5.73 Å². The number of nitrogens with two attached hydrogens (primary N) is 1. The van der Waals surface area contributed by atoms with Crippen LogP contribution in [0.4, 0.5) is 0 Å². The lowest BCUT2D eigenvalue weighted by Crippen LogP contribution is -2.46. The third-order valence-electron chi connectivity index (χ3n) is 4.42. The van der Waals surface area contributed by atoms with Crippen molar-refractivity contribution < 1.29 is 0 Å². The molecule has 2 fully saturated rings. The SMILES string of the molecule is CC1CCC(N2CCCC(C(C)N)C2)C1. The zero-order chi connectivity index (χ0) is 10.8. The van der Waals surface area contributed by atoms with Gasteiger partial charge in [0.2, 0.25) is 0 Å². The monoisotopic (exact) mass is 210 g/mol. The molecule has 0 aromatic rings. The van der Waals surface area contributed by atoms with E-state index in [2.05, 4.69) is 18.7 Å². The smallest absolute Gasteiger partial charge is 0.00980 e. The molecule has 4 atom stereocenters. The summed E-state index contributed by atoms with van der Waals surface area (Å²) in [5.74, 6) is 1.69. The third-order valence-corrected chi connectivity index (χ3v) is 4.42.